The second-order valence-electron chi connectivity index (χ2n) is 3.51. The number of carbonyl (C=O) groups is 4. The minimum atomic E-state index is -1.05. The molecule has 0 saturated heterocycles. The molecule has 1 heterocycles. The number of aliphatic carboxylic acids is 1. The van der Waals surface area contributed by atoms with Gasteiger partial charge in [0.1, 0.15) is 0 Å². The SMILES string of the molecule is O=C(O)CNCC(=O)NCCN1C(=O)C=CC1=O. The lowest BCUT2D eigenvalue weighted by molar-refractivity contribution is -0.138. The standard InChI is InChI=1S/C10H13N3O5/c14-7(5-11-6-10(17)18)12-3-4-13-8(15)1-2-9(13)16/h1-2,11H,3-6H2,(H,12,14)(H,17,18). The predicted octanol–water partition coefficient (Wildman–Crippen LogP) is -2.30. The Morgan fingerprint density at radius 2 is 1.78 bits per heavy atom. The summed E-state index contributed by atoms with van der Waals surface area (Å²) in [5.74, 6) is -2.26. The Kier molecular flexibility index (Phi) is 5.00. The van der Waals surface area contributed by atoms with Crippen molar-refractivity contribution in [2.75, 3.05) is 26.2 Å². The van der Waals surface area contributed by atoms with E-state index >= 15 is 0 Å². The third-order valence-corrected chi connectivity index (χ3v) is 2.12. The van der Waals surface area contributed by atoms with Gasteiger partial charge in [0.15, 0.2) is 0 Å². The Labute approximate surface area is 103 Å². The zero-order chi connectivity index (χ0) is 13.5. The van der Waals surface area contributed by atoms with E-state index in [9.17, 15) is 19.2 Å². The second kappa shape index (κ2) is 6.50. The monoisotopic (exact) mass is 255 g/mol. The number of nitrogens with one attached hydrogen (secondary N) is 2. The normalized spacial score (nSPS) is 14.1. The molecule has 8 heteroatoms. The highest BCUT2D eigenvalue weighted by molar-refractivity contribution is 6.12. The van der Waals surface area contributed by atoms with E-state index in [1.54, 1.807) is 0 Å². The Balaban J connectivity index is 2.14. The summed E-state index contributed by atoms with van der Waals surface area (Å²) in [6, 6.07) is 0. The number of carboxylic acid groups (broad SMARTS) is 1. The first-order valence-electron chi connectivity index (χ1n) is 5.23. The zero-order valence-electron chi connectivity index (χ0n) is 9.51. The Bertz CT molecular complexity index is 386. The summed E-state index contributed by atoms with van der Waals surface area (Å²) in [6.45, 7) is -0.213. The van der Waals surface area contributed by atoms with Crippen LogP contribution in [0.4, 0.5) is 0 Å². The fourth-order valence-electron chi connectivity index (χ4n) is 1.30. The lowest BCUT2D eigenvalue weighted by atomic mass is 10.4. The van der Waals surface area contributed by atoms with E-state index in [1.807, 2.05) is 0 Å². The zero-order valence-corrected chi connectivity index (χ0v) is 9.51. The number of amides is 3. The molecular formula is C10H13N3O5. The maximum Gasteiger partial charge on any atom is 0.317 e. The van der Waals surface area contributed by atoms with Crippen LogP contribution < -0.4 is 10.6 Å². The molecule has 18 heavy (non-hydrogen) atoms. The number of imide groups is 1. The van der Waals surface area contributed by atoms with E-state index in [0.29, 0.717) is 0 Å². The van der Waals surface area contributed by atoms with Crippen molar-refractivity contribution in [3.8, 4) is 0 Å². The molecule has 1 aliphatic heterocycles. The molecule has 0 aromatic heterocycles. The quantitative estimate of drug-likeness (QED) is 0.441. The van der Waals surface area contributed by atoms with Crippen molar-refractivity contribution in [2.24, 2.45) is 0 Å². The lowest BCUT2D eigenvalue weighted by Gasteiger charge is -2.13. The van der Waals surface area contributed by atoms with Gasteiger partial charge in [-0.15, -0.1) is 0 Å². The fraction of sp³-hybridized carbons (Fsp3) is 0.400. The highest BCUT2D eigenvalue weighted by Gasteiger charge is 2.22. The lowest BCUT2D eigenvalue weighted by Crippen LogP contribution is -2.41. The summed E-state index contributed by atoms with van der Waals surface area (Å²) in [6.07, 6.45) is 2.33. The predicted molar refractivity (Wildman–Crippen MR) is 59.4 cm³/mol. The maximum atomic E-state index is 11.2. The van der Waals surface area contributed by atoms with Gasteiger partial charge in [-0.25, -0.2) is 0 Å². The molecule has 0 radical (unpaired) electrons. The summed E-state index contributed by atoms with van der Waals surface area (Å²) in [4.78, 5) is 44.6. The van der Waals surface area contributed by atoms with Gasteiger partial charge >= 0.3 is 5.97 Å². The first kappa shape index (κ1) is 13.8. The smallest absolute Gasteiger partial charge is 0.317 e. The van der Waals surface area contributed by atoms with Crippen LogP contribution in [0.25, 0.3) is 0 Å². The van der Waals surface area contributed by atoms with E-state index < -0.39 is 23.7 Å². The third kappa shape index (κ3) is 4.34. The highest BCUT2D eigenvalue weighted by Crippen LogP contribution is 2.01. The summed E-state index contributed by atoms with van der Waals surface area (Å²) in [7, 11) is 0. The summed E-state index contributed by atoms with van der Waals surface area (Å²) >= 11 is 0. The van der Waals surface area contributed by atoms with Gasteiger partial charge in [0.25, 0.3) is 11.8 Å². The molecule has 1 rings (SSSR count). The molecular weight excluding hydrogens is 242 g/mol. The number of nitrogens with zero attached hydrogens (tertiary/aromatic N) is 1. The van der Waals surface area contributed by atoms with Crippen molar-refractivity contribution in [3.63, 3.8) is 0 Å². The average Bonchev–Trinajstić information content (AvgIpc) is 2.60. The van der Waals surface area contributed by atoms with Gasteiger partial charge in [-0.1, -0.05) is 0 Å². The van der Waals surface area contributed by atoms with E-state index in [-0.39, 0.29) is 26.2 Å². The van der Waals surface area contributed by atoms with Crippen LogP contribution in [-0.2, 0) is 19.2 Å². The first-order chi connectivity index (χ1) is 8.50. The molecule has 3 N–H and O–H groups in total. The topological polar surface area (TPSA) is 116 Å². The molecule has 0 aromatic carbocycles. The van der Waals surface area contributed by atoms with Gasteiger partial charge < -0.3 is 10.4 Å². The number of hydrogen-bond acceptors (Lipinski definition) is 5. The van der Waals surface area contributed by atoms with Crippen molar-refractivity contribution in [2.45, 2.75) is 0 Å². The number of carboxylic acids is 1. The molecule has 0 bridgehead atoms. The Morgan fingerprint density at radius 1 is 1.17 bits per heavy atom. The molecule has 3 amide bonds. The highest BCUT2D eigenvalue weighted by atomic mass is 16.4. The molecule has 98 valence electrons. The van der Waals surface area contributed by atoms with Crippen LogP contribution in [0.1, 0.15) is 0 Å². The average molecular weight is 255 g/mol. The first-order valence-corrected chi connectivity index (χ1v) is 5.23. The summed E-state index contributed by atoms with van der Waals surface area (Å²) < 4.78 is 0. The van der Waals surface area contributed by atoms with E-state index in [2.05, 4.69) is 10.6 Å². The number of hydrogen-bond donors (Lipinski definition) is 3. The van der Waals surface area contributed by atoms with Gasteiger partial charge in [0.05, 0.1) is 13.1 Å². The van der Waals surface area contributed by atoms with Crippen LogP contribution in [0.5, 0.6) is 0 Å². The fourth-order valence-corrected chi connectivity index (χ4v) is 1.30. The van der Waals surface area contributed by atoms with E-state index in [1.165, 1.54) is 12.2 Å². The van der Waals surface area contributed by atoms with Crippen LogP contribution in [0, 0.1) is 0 Å². The molecule has 8 nitrogen and oxygen atoms in total. The summed E-state index contributed by atoms with van der Waals surface area (Å²) in [5, 5.41) is 13.2. The van der Waals surface area contributed by atoms with Gasteiger partial charge in [-0.2, -0.15) is 0 Å². The van der Waals surface area contributed by atoms with Crippen molar-refractivity contribution in [1.29, 1.82) is 0 Å². The Hall–Kier alpha value is -2.22. The molecule has 1 aliphatic rings. The van der Waals surface area contributed by atoms with Crippen LogP contribution in [0.3, 0.4) is 0 Å². The molecule has 0 unspecified atom stereocenters. The van der Waals surface area contributed by atoms with Crippen LogP contribution in [0.15, 0.2) is 12.2 Å². The molecule has 0 atom stereocenters. The molecule has 0 aromatic rings. The largest absolute Gasteiger partial charge is 0.480 e. The van der Waals surface area contributed by atoms with Crippen LogP contribution in [-0.4, -0.2) is 59.9 Å². The van der Waals surface area contributed by atoms with Gasteiger partial charge in [0, 0.05) is 25.2 Å². The van der Waals surface area contributed by atoms with Crippen LogP contribution in [0.2, 0.25) is 0 Å². The van der Waals surface area contributed by atoms with Crippen LogP contribution >= 0.6 is 0 Å². The minimum absolute atomic E-state index is 0.0926. The third-order valence-electron chi connectivity index (χ3n) is 2.12. The Morgan fingerprint density at radius 3 is 2.33 bits per heavy atom. The maximum absolute atomic E-state index is 11.2. The summed E-state index contributed by atoms with van der Waals surface area (Å²) in [5.41, 5.74) is 0. The van der Waals surface area contributed by atoms with Gasteiger partial charge in [-0.05, 0) is 0 Å². The minimum Gasteiger partial charge on any atom is -0.480 e. The van der Waals surface area contributed by atoms with Crippen molar-refractivity contribution in [3.05, 3.63) is 12.2 Å². The molecule has 0 fully saturated rings. The van der Waals surface area contributed by atoms with Crippen molar-refractivity contribution >= 4 is 23.7 Å². The van der Waals surface area contributed by atoms with E-state index in [0.717, 1.165) is 4.90 Å². The van der Waals surface area contributed by atoms with Gasteiger partial charge in [-0.3, -0.25) is 29.4 Å². The molecule has 0 aliphatic carbocycles. The van der Waals surface area contributed by atoms with Crippen molar-refractivity contribution in [1.82, 2.24) is 15.5 Å². The number of rotatable bonds is 7. The molecule has 0 saturated carbocycles. The van der Waals surface area contributed by atoms with Gasteiger partial charge in [0.2, 0.25) is 5.91 Å². The second-order valence-corrected chi connectivity index (χ2v) is 3.51. The van der Waals surface area contributed by atoms with Crippen molar-refractivity contribution < 1.29 is 24.3 Å². The van der Waals surface area contributed by atoms with E-state index in [4.69, 9.17) is 5.11 Å². The number of carbonyl (C=O) groups excluding carboxylic acids is 3. The molecule has 0 spiro atoms.